The molecular formula is C16H14ClN3O2. The summed E-state index contributed by atoms with van der Waals surface area (Å²) in [5.74, 6) is 0.439. The summed E-state index contributed by atoms with van der Waals surface area (Å²) in [5.41, 5.74) is 1.86. The summed E-state index contributed by atoms with van der Waals surface area (Å²) in [5, 5.41) is 7.37. The molecule has 0 bridgehead atoms. The number of carbonyl (C=O) groups excluding carboxylic acids is 1. The Labute approximate surface area is 132 Å². The average molecular weight is 316 g/mol. The van der Waals surface area contributed by atoms with E-state index in [4.69, 9.17) is 16.3 Å². The number of methoxy groups -OCH3 is 1. The Bertz CT molecular complexity index is 829. The zero-order valence-electron chi connectivity index (χ0n) is 11.9. The molecule has 5 nitrogen and oxygen atoms in total. The number of amides is 1. The maximum atomic E-state index is 12.3. The summed E-state index contributed by atoms with van der Waals surface area (Å²) in [6, 6.07) is 13.0. The number of nitrogens with one attached hydrogen (secondary N) is 1. The molecule has 1 amide bonds. The molecule has 112 valence electrons. The van der Waals surface area contributed by atoms with Crippen LogP contribution in [0.1, 0.15) is 16.1 Å². The summed E-state index contributed by atoms with van der Waals surface area (Å²) in [6.07, 6.45) is 1.75. The number of fused-ring (bicyclic) bond motifs is 1. The molecule has 2 aromatic heterocycles. The van der Waals surface area contributed by atoms with Crippen molar-refractivity contribution in [1.82, 2.24) is 14.9 Å². The van der Waals surface area contributed by atoms with Gasteiger partial charge < -0.3 is 10.1 Å². The molecule has 0 fully saturated rings. The summed E-state index contributed by atoms with van der Waals surface area (Å²) >= 11 is 6.22. The third-order valence-corrected chi connectivity index (χ3v) is 3.65. The highest BCUT2D eigenvalue weighted by molar-refractivity contribution is 6.36. The second-order valence-corrected chi connectivity index (χ2v) is 5.11. The minimum Gasteiger partial charge on any atom is -0.497 e. The Morgan fingerprint density at radius 1 is 1.32 bits per heavy atom. The standard InChI is InChI=1S/C16H14ClN3O2/c1-22-12-6-4-5-11(9-12)10-18-16(21)15-14(17)13-7-2-3-8-20(13)19-15/h2-9H,10H2,1H3,(H,18,21). The number of hydrogen-bond donors (Lipinski definition) is 1. The minimum absolute atomic E-state index is 0.218. The lowest BCUT2D eigenvalue weighted by Crippen LogP contribution is -2.23. The fraction of sp³-hybridized carbons (Fsp3) is 0.125. The van der Waals surface area contributed by atoms with Crippen LogP contribution in [0.3, 0.4) is 0 Å². The molecule has 0 aliphatic heterocycles. The van der Waals surface area contributed by atoms with Crippen molar-refractivity contribution in [3.05, 3.63) is 64.9 Å². The first-order chi connectivity index (χ1) is 10.7. The fourth-order valence-corrected chi connectivity index (χ4v) is 2.44. The summed E-state index contributed by atoms with van der Waals surface area (Å²) in [7, 11) is 1.61. The van der Waals surface area contributed by atoms with Gasteiger partial charge in [0.05, 0.1) is 17.6 Å². The van der Waals surface area contributed by atoms with Crippen molar-refractivity contribution < 1.29 is 9.53 Å². The van der Waals surface area contributed by atoms with Crippen molar-refractivity contribution in [3.8, 4) is 5.75 Å². The van der Waals surface area contributed by atoms with Crippen LogP contribution in [0.4, 0.5) is 0 Å². The second kappa shape index (κ2) is 6.07. The van der Waals surface area contributed by atoms with Crippen LogP contribution < -0.4 is 10.1 Å². The van der Waals surface area contributed by atoms with E-state index in [-0.39, 0.29) is 11.6 Å². The van der Waals surface area contributed by atoms with Crippen molar-refractivity contribution >= 4 is 23.0 Å². The molecule has 22 heavy (non-hydrogen) atoms. The zero-order chi connectivity index (χ0) is 15.5. The highest BCUT2D eigenvalue weighted by Crippen LogP contribution is 2.21. The lowest BCUT2D eigenvalue weighted by Gasteiger charge is -2.05. The number of rotatable bonds is 4. The van der Waals surface area contributed by atoms with Crippen LogP contribution in [-0.2, 0) is 6.54 Å². The van der Waals surface area contributed by atoms with E-state index in [9.17, 15) is 4.79 Å². The van der Waals surface area contributed by atoms with E-state index < -0.39 is 0 Å². The smallest absolute Gasteiger partial charge is 0.273 e. The number of hydrogen-bond acceptors (Lipinski definition) is 3. The average Bonchev–Trinajstić information content (AvgIpc) is 2.90. The monoisotopic (exact) mass is 315 g/mol. The van der Waals surface area contributed by atoms with Crippen molar-refractivity contribution in [2.24, 2.45) is 0 Å². The Morgan fingerprint density at radius 3 is 2.95 bits per heavy atom. The topological polar surface area (TPSA) is 55.6 Å². The van der Waals surface area contributed by atoms with Crippen molar-refractivity contribution in [2.45, 2.75) is 6.54 Å². The highest BCUT2D eigenvalue weighted by atomic mass is 35.5. The summed E-state index contributed by atoms with van der Waals surface area (Å²) in [4.78, 5) is 12.3. The minimum atomic E-state index is -0.309. The molecule has 0 saturated carbocycles. The molecule has 2 heterocycles. The molecule has 0 saturated heterocycles. The number of halogens is 1. The third-order valence-electron chi connectivity index (χ3n) is 3.28. The maximum Gasteiger partial charge on any atom is 0.273 e. The summed E-state index contributed by atoms with van der Waals surface area (Å²) < 4.78 is 6.74. The number of carbonyl (C=O) groups is 1. The normalized spacial score (nSPS) is 10.6. The molecule has 3 aromatic rings. The molecule has 0 atom stereocenters. The van der Waals surface area contributed by atoms with Crippen molar-refractivity contribution in [1.29, 1.82) is 0 Å². The van der Waals surface area contributed by atoms with E-state index in [1.807, 2.05) is 42.5 Å². The molecular weight excluding hydrogens is 302 g/mol. The SMILES string of the molecule is COc1cccc(CNC(=O)c2nn3ccccc3c2Cl)c1. The van der Waals surface area contributed by atoms with Crippen LogP contribution >= 0.6 is 11.6 Å². The quantitative estimate of drug-likeness (QED) is 0.805. The van der Waals surface area contributed by atoms with Gasteiger partial charge in [-0.25, -0.2) is 4.52 Å². The number of nitrogens with zero attached hydrogens (tertiary/aromatic N) is 2. The lowest BCUT2D eigenvalue weighted by atomic mass is 10.2. The van der Waals surface area contributed by atoms with Crippen LogP contribution in [0.2, 0.25) is 5.02 Å². The van der Waals surface area contributed by atoms with E-state index in [1.54, 1.807) is 17.8 Å². The predicted octanol–water partition coefficient (Wildman–Crippen LogP) is 2.93. The number of pyridine rings is 1. The van der Waals surface area contributed by atoms with Gasteiger partial charge in [-0.1, -0.05) is 29.8 Å². The Hall–Kier alpha value is -2.53. The fourth-order valence-electron chi connectivity index (χ4n) is 2.16. The van der Waals surface area contributed by atoms with Gasteiger partial charge in [0.2, 0.25) is 0 Å². The first-order valence-corrected chi connectivity index (χ1v) is 7.11. The van der Waals surface area contributed by atoms with Gasteiger partial charge in [0.1, 0.15) is 5.75 Å². The molecule has 0 aliphatic rings. The lowest BCUT2D eigenvalue weighted by molar-refractivity contribution is 0.0945. The highest BCUT2D eigenvalue weighted by Gasteiger charge is 2.17. The van der Waals surface area contributed by atoms with Gasteiger partial charge in [0.15, 0.2) is 5.69 Å². The molecule has 3 rings (SSSR count). The van der Waals surface area contributed by atoms with Crippen LogP contribution in [0.15, 0.2) is 48.7 Å². The van der Waals surface area contributed by atoms with E-state index >= 15 is 0 Å². The van der Waals surface area contributed by atoms with Gasteiger partial charge in [-0.3, -0.25) is 4.79 Å². The van der Waals surface area contributed by atoms with Gasteiger partial charge >= 0.3 is 0 Å². The molecule has 0 spiro atoms. The molecule has 1 aromatic carbocycles. The van der Waals surface area contributed by atoms with Gasteiger partial charge in [0.25, 0.3) is 5.91 Å². The number of ether oxygens (including phenoxy) is 1. The first-order valence-electron chi connectivity index (χ1n) is 6.73. The van der Waals surface area contributed by atoms with Crippen LogP contribution in [0.25, 0.3) is 5.52 Å². The molecule has 0 radical (unpaired) electrons. The summed E-state index contributed by atoms with van der Waals surface area (Å²) in [6.45, 7) is 0.375. The van der Waals surface area contributed by atoms with E-state index in [0.717, 1.165) is 11.3 Å². The molecule has 0 aliphatic carbocycles. The zero-order valence-corrected chi connectivity index (χ0v) is 12.7. The maximum absolute atomic E-state index is 12.3. The van der Waals surface area contributed by atoms with Gasteiger partial charge in [0, 0.05) is 12.7 Å². The van der Waals surface area contributed by atoms with Gasteiger partial charge in [-0.05, 0) is 29.8 Å². The first kappa shape index (κ1) is 14.4. The van der Waals surface area contributed by atoms with Gasteiger partial charge in [-0.15, -0.1) is 0 Å². The van der Waals surface area contributed by atoms with E-state index in [0.29, 0.717) is 17.1 Å². The van der Waals surface area contributed by atoms with Crippen molar-refractivity contribution in [3.63, 3.8) is 0 Å². The predicted molar refractivity (Wildman–Crippen MR) is 84.4 cm³/mol. The second-order valence-electron chi connectivity index (χ2n) is 4.73. The third kappa shape index (κ3) is 2.76. The van der Waals surface area contributed by atoms with Crippen molar-refractivity contribution in [2.75, 3.05) is 7.11 Å². The molecule has 0 unspecified atom stereocenters. The van der Waals surface area contributed by atoms with E-state index in [2.05, 4.69) is 10.4 Å². The largest absolute Gasteiger partial charge is 0.497 e. The molecule has 6 heteroatoms. The van der Waals surface area contributed by atoms with Crippen LogP contribution in [0.5, 0.6) is 5.75 Å². The Kier molecular flexibility index (Phi) is 3.98. The number of benzene rings is 1. The number of aromatic nitrogens is 2. The Balaban J connectivity index is 1.77. The van der Waals surface area contributed by atoms with Gasteiger partial charge in [-0.2, -0.15) is 5.10 Å². The molecule has 1 N–H and O–H groups in total. The van der Waals surface area contributed by atoms with Crippen LogP contribution in [0, 0.1) is 0 Å². The van der Waals surface area contributed by atoms with E-state index in [1.165, 1.54) is 0 Å². The Morgan fingerprint density at radius 2 is 2.18 bits per heavy atom. The van der Waals surface area contributed by atoms with Crippen LogP contribution in [-0.4, -0.2) is 22.6 Å².